The van der Waals surface area contributed by atoms with Crippen molar-refractivity contribution in [3.63, 3.8) is 0 Å². The summed E-state index contributed by atoms with van der Waals surface area (Å²) in [5.41, 5.74) is 1.55. The summed E-state index contributed by atoms with van der Waals surface area (Å²) in [5.74, 6) is 3.20. The maximum Gasteiger partial charge on any atom is 0.254 e. The second-order valence-corrected chi connectivity index (χ2v) is 4.37. The first-order valence-corrected chi connectivity index (χ1v) is 6.07. The van der Waals surface area contributed by atoms with Gasteiger partial charge in [-0.2, -0.15) is 0 Å². The van der Waals surface area contributed by atoms with E-state index in [1.165, 1.54) is 0 Å². The molecule has 19 heavy (non-hydrogen) atoms. The van der Waals surface area contributed by atoms with Crippen molar-refractivity contribution < 1.29 is 9.53 Å². The van der Waals surface area contributed by atoms with Crippen LogP contribution in [-0.4, -0.2) is 44.6 Å². The highest BCUT2D eigenvalue weighted by Gasteiger charge is 2.17. The molecule has 1 aromatic rings. The highest BCUT2D eigenvalue weighted by Crippen LogP contribution is 2.18. The quantitative estimate of drug-likeness (QED) is 0.811. The molecule has 1 amide bonds. The third-order valence-corrected chi connectivity index (χ3v) is 3.03. The average molecular weight is 260 g/mol. The number of aryl methyl sites for hydroxylation is 1. The number of nitrogens with one attached hydrogen (secondary N) is 1. The number of amides is 1. The lowest BCUT2D eigenvalue weighted by atomic mass is 10.1. The zero-order chi connectivity index (χ0) is 14.4. The van der Waals surface area contributed by atoms with Crippen LogP contribution < -0.4 is 10.1 Å². The molecule has 0 fully saturated rings. The Morgan fingerprint density at radius 3 is 2.79 bits per heavy atom. The number of carbonyl (C=O) groups is 1. The van der Waals surface area contributed by atoms with Crippen LogP contribution in [0.3, 0.4) is 0 Å². The van der Waals surface area contributed by atoms with E-state index in [0.29, 0.717) is 17.9 Å². The van der Waals surface area contributed by atoms with E-state index >= 15 is 0 Å². The summed E-state index contributed by atoms with van der Waals surface area (Å²) in [6.45, 7) is 2.36. The van der Waals surface area contributed by atoms with Gasteiger partial charge in [0.2, 0.25) is 0 Å². The molecule has 1 atom stereocenters. The van der Waals surface area contributed by atoms with Crippen LogP contribution in [0.1, 0.15) is 15.9 Å². The fourth-order valence-corrected chi connectivity index (χ4v) is 1.75. The minimum absolute atomic E-state index is 0.0631. The summed E-state index contributed by atoms with van der Waals surface area (Å²) in [5, 5.41) is 2.97. The Hall–Kier alpha value is -1.99. The highest BCUT2D eigenvalue weighted by molar-refractivity contribution is 5.96. The lowest BCUT2D eigenvalue weighted by Crippen LogP contribution is -2.39. The van der Waals surface area contributed by atoms with Crippen LogP contribution in [0.15, 0.2) is 18.2 Å². The summed E-state index contributed by atoms with van der Waals surface area (Å²) in [6, 6.07) is 5.30. The first kappa shape index (κ1) is 15.1. The summed E-state index contributed by atoms with van der Waals surface area (Å²) >= 11 is 0. The van der Waals surface area contributed by atoms with E-state index in [1.807, 2.05) is 19.1 Å². The summed E-state index contributed by atoms with van der Waals surface area (Å²) in [7, 11) is 5.10. The van der Waals surface area contributed by atoms with Gasteiger partial charge in [0.15, 0.2) is 0 Å². The maximum absolute atomic E-state index is 12.4. The standard InChI is InChI=1S/C15H20N2O2/c1-6-12(16-3)10-17(4)15(18)14-9-13(19-5)8-7-11(14)2/h1,7-9,12,16H,10H2,2-5H3/t12-/m1/s1. The molecule has 1 N–H and O–H groups in total. The Balaban J connectivity index is 2.91. The molecule has 4 nitrogen and oxygen atoms in total. The van der Waals surface area contributed by atoms with Gasteiger partial charge < -0.3 is 15.0 Å². The fourth-order valence-electron chi connectivity index (χ4n) is 1.75. The number of carbonyl (C=O) groups excluding carboxylic acids is 1. The number of benzene rings is 1. The number of likely N-dealkylation sites (N-methyl/N-ethyl adjacent to an activating group) is 2. The molecule has 0 saturated carbocycles. The first-order chi connectivity index (χ1) is 9.03. The molecule has 0 saturated heterocycles. The molecule has 0 spiro atoms. The summed E-state index contributed by atoms with van der Waals surface area (Å²) in [4.78, 5) is 14.0. The largest absolute Gasteiger partial charge is 0.497 e. The topological polar surface area (TPSA) is 41.6 Å². The van der Waals surface area contributed by atoms with Gasteiger partial charge in [0.1, 0.15) is 5.75 Å². The van der Waals surface area contributed by atoms with Crippen molar-refractivity contribution >= 4 is 5.91 Å². The minimum Gasteiger partial charge on any atom is -0.497 e. The molecule has 0 aliphatic rings. The van der Waals surface area contributed by atoms with E-state index in [0.717, 1.165) is 5.56 Å². The minimum atomic E-state index is -0.153. The number of hydrogen-bond acceptors (Lipinski definition) is 3. The van der Waals surface area contributed by atoms with Gasteiger partial charge in [-0.25, -0.2) is 0 Å². The summed E-state index contributed by atoms with van der Waals surface area (Å²) in [6.07, 6.45) is 5.38. The van der Waals surface area contributed by atoms with Gasteiger partial charge >= 0.3 is 0 Å². The van der Waals surface area contributed by atoms with E-state index in [2.05, 4.69) is 11.2 Å². The molecule has 0 aromatic heterocycles. The van der Waals surface area contributed by atoms with Crippen molar-refractivity contribution in [2.75, 3.05) is 27.7 Å². The van der Waals surface area contributed by atoms with E-state index in [1.54, 1.807) is 32.2 Å². The SMILES string of the molecule is C#C[C@H](CN(C)C(=O)c1cc(OC)ccc1C)NC. The van der Waals surface area contributed by atoms with Crippen molar-refractivity contribution in [3.05, 3.63) is 29.3 Å². The molecule has 4 heteroatoms. The number of methoxy groups -OCH3 is 1. The fraction of sp³-hybridized carbons (Fsp3) is 0.400. The van der Waals surface area contributed by atoms with Crippen molar-refractivity contribution in [2.24, 2.45) is 0 Å². The van der Waals surface area contributed by atoms with E-state index in [-0.39, 0.29) is 11.9 Å². The number of hydrogen-bond donors (Lipinski definition) is 1. The molecule has 102 valence electrons. The molecule has 1 aromatic carbocycles. The van der Waals surface area contributed by atoms with Crippen molar-refractivity contribution in [2.45, 2.75) is 13.0 Å². The number of nitrogens with zero attached hydrogens (tertiary/aromatic N) is 1. The second-order valence-electron chi connectivity index (χ2n) is 4.37. The number of rotatable bonds is 5. The highest BCUT2D eigenvalue weighted by atomic mass is 16.5. The van der Waals surface area contributed by atoms with E-state index in [4.69, 9.17) is 11.2 Å². The third-order valence-electron chi connectivity index (χ3n) is 3.03. The lowest BCUT2D eigenvalue weighted by Gasteiger charge is -2.21. The molecule has 0 radical (unpaired) electrons. The smallest absolute Gasteiger partial charge is 0.254 e. The Morgan fingerprint density at radius 1 is 1.58 bits per heavy atom. The van der Waals surface area contributed by atoms with Crippen LogP contribution in [0.2, 0.25) is 0 Å². The van der Waals surface area contributed by atoms with Gasteiger partial charge in [0.25, 0.3) is 5.91 Å². The Bertz CT molecular complexity index is 491. The second kappa shape index (κ2) is 6.81. The molecule has 0 aliphatic heterocycles. The zero-order valence-electron chi connectivity index (χ0n) is 11.9. The van der Waals surface area contributed by atoms with Gasteiger partial charge in [-0.1, -0.05) is 12.0 Å². The molecule has 0 heterocycles. The van der Waals surface area contributed by atoms with Crippen LogP contribution >= 0.6 is 0 Å². The van der Waals surface area contributed by atoms with Crippen molar-refractivity contribution in [1.82, 2.24) is 10.2 Å². The average Bonchev–Trinajstić information content (AvgIpc) is 2.44. The van der Waals surface area contributed by atoms with E-state index < -0.39 is 0 Å². The molecular formula is C15H20N2O2. The predicted octanol–water partition coefficient (Wildman–Crippen LogP) is 1.30. The van der Waals surface area contributed by atoms with Crippen LogP contribution in [0.25, 0.3) is 0 Å². The Kier molecular flexibility index (Phi) is 5.40. The summed E-state index contributed by atoms with van der Waals surface area (Å²) < 4.78 is 5.15. The molecule has 0 bridgehead atoms. The van der Waals surface area contributed by atoms with E-state index in [9.17, 15) is 4.79 Å². The lowest BCUT2D eigenvalue weighted by molar-refractivity contribution is 0.0788. The molecule has 0 unspecified atom stereocenters. The van der Waals surface area contributed by atoms with Crippen molar-refractivity contribution in [1.29, 1.82) is 0 Å². The van der Waals surface area contributed by atoms with Gasteiger partial charge in [-0.05, 0) is 31.7 Å². The van der Waals surface area contributed by atoms with Gasteiger partial charge in [-0.15, -0.1) is 6.42 Å². The molecule has 0 aliphatic carbocycles. The van der Waals surface area contributed by atoms with Crippen LogP contribution in [0.5, 0.6) is 5.75 Å². The number of ether oxygens (including phenoxy) is 1. The van der Waals surface area contributed by atoms with Crippen LogP contribution in [0.4, 0.5) is 0 Å². The van der Waals surface area contributed by atoms with Gasteiger partial charge in [0, 0.05) is 19.2 Å². The predicted molar refractivity (Wildman–Crippen MR) is 76.4 cm³/mol. The monoisotopic (exact) mass is 260 g/mol. The Morgan fingerprint density at radius 2 is 2.26 bits per heavy atom. The zero-order valence-corrected chi connectivity index (χ0v) is 11.9. The van der Waals surface area contributed by atoms with Crippen LogP contribution in [0, 0.1) is 19.3 Å². The first-order valence-electron chi connectivity index (χ1n) is 6.07. The maximum atomic E-state index is 12.4. The molecule has 1 rings (SSSR count). The normalized spacial score (nSPS) is 11.5. The van der Waals surface area contributed by atoms with Crippen molar-refractivity contribution in [3.8, 4) is 18.1 Å². The van der Waals surface area contributed by atoms with Gasteiger partial charge in [-0.3, -0.25) is 4.79 Å². The van der Waals surface area contributed by atoms with Crippen LogP contribution in [-0.2, 0) is 0 Å². The van der Waals surface area contributed by atoms with Gasteiger partial charge in [0.05, 0.1) is 13.2 Å². The molecular weight excluding hydrogens is 240 g/mol. The third kappa shape index (κ3) is 3.73. The number of terminal acetylenes is 1. The Labute approximate surface area is 114 Å².